The number of phenols is 1. The summed E-state index contributed by atoms with van der Waals surface area (Å²) in [7, 11) is 0. The maximum Gasteiger partial charge on any atom is 0.223 e. The van der Waals surface area contributed by atoms with E-state index in [1.54, 1.807) is 48.5 Å². The fourth-order valence-corrected chi connectivity index (χ4v) is 3.18. The molecule has 8 heteroatoms. The fraction of sp³-hybridized carbons (Fsp3) is 0.350. The molecule has 5 unspecified atom stereocenters. The monoisotopic (exact) mass is 389 g/mol. The smallest absolute Gasteiger partial charge is 0.223 e. The van der Waals surface area contributed by atoms with Crippen molar-refractivity contribution in [2.24, 2.45) is 0 Å². The van der Waals surface area contributed by atoms with E-state index in [9.17, 15) is 25.2 Å². The molecule has 150 valence electrons. The van der Waals surface area contributed by atoms with Gasteiger partial charge in [0.05, 0.1) is 6.61 Å². The van der Waals surface area contributed by atoms with Gasteiger partial charge in [0.15, 0.2) is 0 Å². The van der Waals surface area contributed by atoms with Crippen LogP contribution in [0, 0.1) is 0 Å². The summed E-state index contributed by atoms with van der Waals surface area (Å²) in [5.74, 6) is 0.0436. The van der Waals surface area contributed by atoms with Gasteiger partial charge < -0.3 is 35.2 Å². The van der Waals surface area contributed by atoms with Gasteiger partial charge in [-0.25, -0.2) is 0 Å². The van der Waals surface area contributed by atoms with E-state index < -0.39 is 43.2 Å². The van der Waals surface area contributed by atoms with Crippen LogP contribution in [0.25, 0.3) is 11.1 Å². The summed E-state index contributed by atoms with van der Waals surface area (Å²) >= 11 is 0. The van der Waals surface area contributed by atoms with Crippen molar-refractivity contribution in [3.8, 4) is 22.6 Å². The zero-order valence-electron chi connectivity index (χ0n) is 15.2. The number of para-hydroxylation sites is 1. The molecule has 0 aromatic heterocycles. The van der Waals surface area contributed by atoms with Crippen LogP contribution in [-0.4, -0.2) is 63.6 Å². The van der Waals surface area contributed by atoms with Gasteiger partial charge in [0.2, 0.25) is 12.2 Å². The maximum absolute atomic E-state index is 11.5. The van der Waals surface area contributed by atoms with E-state index in [1.165, 1.54) is 6.92 Å². The van der Waals surface area contributed by atoms with Crippen molar-refractivity contribution in [1.29, 1.82) is 0 Å². The Morgan fingerprint density at radius 1 is 1.14 bits per heavy atom. The Morgan fingerprint density at radius 3 is 2.57 bits per heavy atom. The van der Waals surface area contributed by atoms with Crippen molar-refractivity contribution >= 4 is 5.91 Å². The number of carbonyl (C=O) groups is 1. The highest BCUT2D eigenvalue weighted by Gasteiger charge is 2.46. The van der Waals surface area contributed by atoms with Crippen LogP contribution in [0.2, 0.25) is 0 Å². The van der Waals surface area contributed by atoms with Gasteiger partial charge in [0, 0.05) is 12.5 Å². The molecule has 0 radical (unpaired) electrons. The fourth-order valence-electron chi connectivity index (χ4n) is 3.18. The first-order valence-corrected chi connectivity index (χ1v) is 8.85. The predicted molar refractivity (Wildman–Crippen MR) is 99.5 cm³/mol. The topological polar surface area (TPSA) is 128 Å². The van der Waals surface area contributed by atoms with Gasteiger partial charge in [-0.05, 0) is 23.8 Å². The Kier molecular flexibility index (Phi) is 6.15. The van der Waals surface area contributed by atoms with Crippen molar-refractivity contribution in [1.82, 2.24) is 5.32 Å². The third kappa shape index (κ3) is 4.26. The van der Waals surface area contributed by atoms with Gasteiger partial charge in [-0.1, -0.05) is 30.3 Å². The molecule has 28 heavy (non-hydrogen) atoms. The highest BCUT2D eigenvalue weighted by atomic mass is 16.7. The number of hydrogen-bond donors (Lipinski definition) is 5. The minimum absolute atomic E-state index is 0.0937. The van der Waals surface area contributed by atoms with Crippen molar-refractivity contribution in [2.45, 2.75) is 37.6 Å². The van der Waals surface area contributed by atoms with Gasteiger partial charge in [-0.3, -0.25) is 4.79 Å². The molecule has 3 rings (SSSR count). The Hall–Kier alpha value is -2.65. The summed E-state index contributed by atoms with van der Waals surface area (Å²) in [6.45, 7) is 0.744. The Labute approximate surface area is 162 Å². The summed E-state index contributed by atoms with van der Waals surface area (Å²) in [4.78, 5) is 11.5. The molecule has 0 saturated carbocycles. The standard InChI is InChI=1S/C20H23NO7/c1-11(23)21-17-19(26)18(25)16(10-22)28-20(17)27-15-8-3-2-7-14(15)12-5-4-6-13(24)9-12/h2-9,16-20,22,24-26H,10H2,1H3,(H,21,23). The Balaban J connectivity index is 1.93. The number of ether oxygens (including phenoxy) is 2. The molecule has 1 fully saturated rings. The lowest BCUT2D eigenvalue weighted by molar-refractivity contribution is -0.244. The number of hydrogen-bond acceptors (Lipinski definition) is 7. The molecular weight excluding hydrogens is 366 g/mol. The normalized spacial score (nSPS) is 27.2. The molecular formula is C20H23NO7. The Bertz CT molecular complexity index is 828. The number of amides is 1. The molecule has 5 N–H and O–H groups in total. The zero-order chi connectivity index (χ0) is 20.3. The van der Waals surface area contributed by atoms with E-state index in [2.05, 4.69) is 5.32 Å². The molecule has 1 amide bonds. The Morgan fingerprint density at radius 2 is 1.89 bits per heavy atom. The van der Waals surface area contributed by atoms with E-state index in [-0.39, 0.29) is 5.75 Å². The zero-order valence-corrected chi connectivity index (χ0v) is 15.2. The van der Waals surface area contributed by atoms with Crippen molar-refractivity contribution < 1.29 is 34.7 Å². The number of carbonyl (C=O) groups excluding carboxylic acids is 1. The van der Waals surface area contributed by atoms with Crippen molar-refractivity contribution in [3.63, 3.8) is 0 Å². The number of rotatable bonds is 5. The highest BCUT2D eigenvalue weighted by Crippen LogP contribution is 2.34. The second-order valence-electron chi connectivity index (χ2n) is 6.60. The molecule has 5 atom stereocenters. The van der Waals surface area contributed by atoms with Crippen LogP contribution in [0.5, 0.6) is 11.5 Å². The van der Waals surface area contributed by atoms with E-state index in [0.717, 1.165) is 0 Å². The van der Waals surface area contributed by atoms with Crippen molar-refractivity contribution in [3.05, 3.63) is 48.5 Å². The van der Waals surface area contributed by atoms with Gasteiger partial charge in [-0.2, -0.15) is 0 Å². The summed E-state index contributed by atoms with van der Waals surface area (Å²) in [6, 6.07) is 12.6. The van der Waals surface area contributed by atoms with E-state index in [0.29, 0.717) is 16.9 Å². The molecule has 2 aromatic carbocycles. The quantitative estimate of drug-likeness (QED) is 0.500. The SMILES string of the molecule is CC(=O)NC1C(Oc2ccccc2-c2cccc(O)c2)OC(CO)C(O)C1O. The molecule has 2 aromatic rings. The minimum atomic E-state index is -1.40. The molecule has 0 spiro atoms. The number of aromatic hydroxyl groups is 1. The number of aliphatic hydroxyl groups is 3. The van der Waals surface area contributed by atoms with E-state index in [4.69, 9.17) is 9.47 Å². The minimum Gasteiger partial charge on any atom is -0.508 e. The van der Waals surface area contributed by atoms with Crippen LogP contribution >= 0.6 is 0 Å². The highest BCUT2D eigenvalue weighted by molar-refractivity contribution is 5.73. The van der Waals surface area contributed by atoms with Gasteiger partial charge in [0.25, 0.3) is 0 Å². The van der Waals surface area contributed by atoms with Gasteiger partial charge in [0.1, 0.15) is 35.9 Å². The second-order valence-corrected chi connectivity index (χ2v) is 6.60. The summed E-state index contributed by atoms with van der Waals surface area (Å²) in [6.07, 6.45) is -5.01. The molecule has 0 bridgehead atoms. The van der Waals surface area contributed by atoms with Crippen LogP contribution < -0.4 is 10.1 Å². The van der Waals surface area contributed by atoms with Crippen molar-refractivity contribution in [2.75, 3.05) is 6.61 Å². The third-order valence-electron chi connectivity index (χ3n) is 4.54. The first-order chi connectivity index (χ1) is 13.4. The molecule has 1 aliphatic heterocycles. The number of benzene rings is 2. The van der Waals surface area contributed by atoms with Crippen LogP contribution in [0.4, 0.5) is 0 Å². The van der Waals surface area contributed by atoms with Gasteiger partial charge >= 0.3 is 0 Å². The van der Waals surface area contributed by atoms with Crippen LogP contribution in [-0.2, 0) is 9.53 Å². The average molecular weight is 389 g/mol. The second kappa shape index (κ2) is 8.57. The number of phenolic OH excluding ortho intramolecular Hbond substituents is 1. The average Bonchev–Trinajstić information content (AvgIpc) is 2.67. The molecule has 1 saturated heterocycles. The number of aliphatic hydroxyl groups excluding tert-OH is 3. The van der Waals surface area contributed by atoms with E-state index in [1.807, 2.05) is 0 Å². The molecule has 1 heterocycles. The largest absolute Gasteiger partial charge is 0.508 e. The molecule has 1 aliphatic rings. The molecule has 8 nitrogen and oxygen atoms in total. The summed E-state index contributed by atoms with van der Waals surface area (Å²) in [5, 5.41) is 42.2. The first-order valence-electron chi connectivity index (χ1n) is 8.85. The van der Waals surface area contributed by atoms with Crippen LogP contribution in [0.15, 0.2) is 48.5 Å². The lowest BCUT2D eigenvalue weighted by Crippen LogP contribution is -2.65. The first kappa shape index (κ1) is 20.1. The van der Waals surface area contributed by atoms with E-state index >= 15 is 0 Å². The summed E-state index contributed by atoms with van der Waals surface area (Å²) < 4.78 is 11.5. The number of nitrogens with one attached hydrogen (secondary N) is 1. The van der Waals surface area contributed by atoms with Gasteiger partial charge in [-0.15, -0.1) is 0 Å². The maximum atomic E-state index is 11.5. The van der Waals surface area contributed by atoms with Crippen LogP contribution in [0.3, 0.4) is 0 Å². The summed E-state index contributed by atoms with van der Waals surface area (Å²) in [5.41, 5.74) is 1.35. The van der Waals surface area contributed by atoms with Crippen LogP contribution in [0.1, 0.15) is 6.92 Å². The third-order valence-corrected chi connectivity index (χ3v) is 4.54. The lowest BCUT2D eigenvalue weighted by atomic mass is 9.96. The lowest BCUT2D eigenvalue weighted by Gasteiger charge is -2.42. The molecule has 0 aliphatic carbocycles. The predicted octanol–water partition coefficient (Wildman–Crippen LogP) is 0.382.